The SMILES string of the molecule is CC(=O)N1CCN(C(=O)COC(=O)c2cc(Br)ccc2Cl)CC1. The number of carbonyl (C=O) groups is 3. The van der Waals surface area contributed by atoms with Crippen molar-refractivity contribution in [2.75, 3.05) is 32.8 Å². The summed E-state index contributed by atoms with van der Waals surface area (Å²) >= 11 is 9.20. The number of benzene rings is 1. The number of hydrogen-bond acceptors (Lipinski definition) is 4. The molecule has 0 bridgehead atoms. The summed E-state index contributed by atoms with van der Waals surface area (Å²) in [5, 5.41) is 0.265. The fourth-order valence-corrected chi connectivity index (χ4v) is 2.78. The maximum Gasteiger partial charge on any atom is 0.340 e. The Morgan fingerprint density at radius 3 is 2.39 bits per heavy atom. The average molecular weight is 404 g/mol. The summed E-state index contributed by atoms with van der Waals surface area (Å²) in [6.45, 7) is 3.02. The number of piperazine rings is 1. The lowest BCUT2D eigenvalue weighted by Crippen LogP contribution is -2.51. The van der Waals surface area contributed by atoms with Crippen molar-refractivity contribution in [1.29, 1.82) is 0 Å². The third-order valence-corrected chi connectivity index (χ3v) is 4.38. The second kappa shape index (κ2) is 7.79. The van der Waals surface area contributed by atoms with Gasteiger partial charge in [0.2, 0.25) is 5.91 Å². The number of halogens is 2. The van der Waals surface area contributed by atoms with Gasteiger partial charge in [0.15, 0.2) is 6.61 Å². The third kappa shape index (κ3) is 4.68. The van der Waals surface area contributed by atoms with Crippen LogP contribution in [0.15, 0.2) is 22.7 Å². The van der Waals surface area contributed by atoms with Gasteiger partial charge < -0.3 is 14.5 Å². The van der Waals surface area contributed by atoms with Crippen LogP contribution in [0.1, 0.15) is 17.3 Å². The third-order valence-electron chi connectivity index (χ3n) is 3.55. The zero-order valence-corrected chi connectivity index (χ0v) is 14.9. The van der Waals surface area contributed by atoms with E-state index in [9.17, 15) is 14.4 Å². The Hall–Kier alpha value is -1.60. The van der Waals surface area contributed by atoms with Crippen molar-refractivity contribution in [3.63, 3.8) is 0 Å². The standard InChI is InChI=1S/C15H16BrClN2O4/c1-10(20)18-4-6-19(7-5-18)14(21)9-23-15(22)12-8-11(16)2-3-13(12)17/h2-3,8H,4-7,9H2,1H3. The molecule has 23 heavy (non-hydrogen) atoms. The van der Waals surface area contributed by atoms with Crippen LogP contribution in [0.2, 0.25) is 5.02 Å². The highest BCUT2D eigenvalue weighted by Gasteiger charge is 2.23. The molecule has 1 saturated heterocycles. The van der Waals surface area contributed by atoms with Crippen LogP contribution in [0.5, 0.6) is 0 Å². The molecule has 124 valence electrons. The average Bonchev–Trinajstić information content (AvgIpc) is 2.54. The molecule has 1 aromatic carbocycles. The zero-order chi connectivity index (χ0) is 17.0. The van der Waals surface area contributed by atoms with Gasteiger partial charge in [0.05, 0.1) is 10.6 Å². The predicted octanol–water partition coefficient (Wildman–Crippen LogP) is 1.95. The fraction of sp³-hybridized carbons (Fsp3) is 0.400. The summed E-state index contributed by atoms with van der Waals surface area (Å²) in [5.74, 6) is -0.937. The van der Waals surface area contributed by atoms with Crippen LogP contribution in [0.3, 0.4) is 0 Å². The molecule has 1 aromatic rings. The summed E-state index contributed by atoms with van der Waals surface area (Å²) in [6.07, 6.45) is 0. The Morgan fingerprint density at radius 2 is 1.78 bits per heavy atom. The van der Waals surface area contributed by atoms with Crippen LogP contribution >= 0.6 is 27.5 Å². The van der Waals surface area contributed by atoms with Gasteiger partial charge in [-0.1, -0.05) is 27.5 Å². The number of amides is 2. The summed E-state index contributed by atoms with van der Waals surface area (Å²) < 4.78 is 5.73. The van der Waals surface area contributed by atoms with E-state index in [2.05, 4.69) is 15.9 Å². The van der Waals surface area contributed by atoms with Crippen LogP contribution in [0.25, 0.3) is 0 Å². The van der Waals surface area contributed by atoms with E-state index < -0.39 is 5.97 Å². The number of esters is 1. The van der Waals surface area contributed by atoms with Crippen molar-refractivity contribution in [3.05, 3.63) is 33.3 Å². The molecular formula is C15H16BrClN2O4. The number of nitrogens with zero attached hydrogens (tertiary/aromatic N) is 2. The van der Waals surface area contributed by atoms with Gasteiger partial charge in [-0.25, -0.2) is 4.79 Å². The molecule has 8 heteroatoms. The highest BCUT2D eigenvalue weighted by atomic mass is 79.9. The van der Waals surface area contributed by atoms with Crippen molar-refractivity contribution in [1.82, 2.24) is 9.80 Å². The quantitative estimate of drug-likeness (QED) is 0.724. The lowest BCUT2D eigenvalue weighted by molar-refractivity contribution is -0.140. The first-order valence-corrected chi connectivity index (χ1v) is 8.21. The van der Waals surface area contributed by atoms with E-state index in [4.69, 9.17) is 16.3 Å². The molecule has 1 aliphatic rings. The molecular weight excluding hydrogens is 388 g/mol. The molecule has 0 N–H and O–H groups in total. The molecule has 0 atom stereocenters. The topological polar surface area (TPSA) is 66.9 Å². The van der Waals surface area contributed by atoms with Gasteiger partial charge in [0.25, 0.3) is 5.91 Å². The Balaban J connectivity index is 1.86. The largest absolute Gasteiger partial charge is 0.452 e. The first kappa shape index (κ1) is 17.7. The maximum atomic E-state index is 12.1. The molecule has 1 aliphatic heterocycles. The summed E-state index contributed by atoms with van der Waals surface area (Å²) in [6, 6.07) is 4.82. The van der Waals surface area contributed by atoms with E-state index in [1.165, 1.54) is 6.92 Å². The molecule has 1 fully saturated rings. The van der Waals surface area contributed by atoms with Crippen LogP contribution in [0.4, 0.5) is 0 Å². The Bertz CT molecular complexity index is 630. The van der Waals surface area contributed by atoms with E-state index in [0.29, 0.717) is 30.7 Å². The number of rotatable bonds is 3. The van der Waals surface area contributed by atoms with Gasteiger partial charge >= 0.3 is 5.97 Å². The first-order valence-electron chi connectivity index (χ1n) is 7.04. The normalized spacial score (nSPS) is 14.6. The molecule has 6 nitrogen and oxygen atoms in total. The second-order valence-electron chi connectivity index (χ2n) is 5.09. The summed E-state index contributed by atoms with van der Waals surface area (Å²) in [4.78, 5) is 38.6. The molecule has 0 saturated carbocycles. The van der Waals surface area contributed by atoms with Gasteiger partial charge in [-0.2, -0.15) is 0 Å². The molecule has 0 radical (unpaired) electrons. The lowest BCUT2D eigenvalue weighted by atomic mass is 10.2. The molecule has 0 aliphatic carbocycles. The van der Waals surface area contributed by atoms with Crippen molar-refractivity contribution in [3.8, 4) is 0 Å². The predicted molar refractivity (Wildman–Crippen MR) is 88.3 cm³/mol. The van der Waals surface area contributed by atoms with Crippen LogP contribution < -0.4 is 0 Å². The Morgan fingerprint density at radius 1 is 1.17 bits per heavy atom. The van der Waals surface area contributed by atoms with E-state index in [-0.39, 0.29) is 29.0 Å². The van der Waals surface area contributed by atoms with E-state index in [0.717, 1.165) is 0 Å². The van der Waals surface area contributed by atoms with Gasteiger partial charge in [-0.3, -0.25) is 9.59 Å². The molecule has 2 rings (SSSR count). The van der Waals surface area contributed by atoms with Crippen LogP contribution in [0, 0.1) is 0 Å². The maximum absolute atomic E-state index is 12.1. The molecule has 0 aromatic heterocycles. The molecule has 2 amide bonds. The van der Waals surface area contributed by atoms with Crippen molar-refractivity contribution >= 4 is 45.3 Å². The highest BCUT2D eigenvalue weighted by Crippen LogP contribution is 2.21. The zero-order valence-electron chi connectivity index (χ0n) is 12.6. The monoisotopic (exact) mass is 402 g/mol. The van der Waals surface area contributed by atoms with Crippen molar-refractivity contribution in [2.45, 2.75) is 6.92 Å². The van der Waals surface area contributed by atoms with Crippen LogP contribution in [-0.2, 0) is 14.3 Å². The highest BCUT2D eigenvalue weighted by molar-refractivity contribution is 9.10. The van der Waals surface area contributed by atoms with Crippen molar-refractivity contribution < 1.29 is 19.1 Å². The smallest absolute Gasteiger partial charge is 0.340 e. The van der Waals surface area contributed by atoms with Gasteiger partial charge in [0, 0.05) is 37.6 Å². The minimum absolute atomic E-state index is 0.00665. The minimum Gasteiger partial charge on any atom is -0.452 e. The number of carbonyl (C=O) groups excluding carboxylic acids is 3. The van der Waals surface area contributed by atoms with E-state index in [1.807, 2.05) is 0 Å². The fourth-order valence-electron chi connectivity index (χ4n) is 2.22. The first-order chi connectivity index (χ1) is 10.9. The number of ether oxygens (including phenoxy) is 1. The molecule has 0 spiro atoms. The lowest BCUT2D eigenvalue weighted by Gasteiger charge is -2.34. The van der Waals surface area contributed by atoms with Gasteiger partial charge in [0.1, 0.15) is 0 Å². The van der Waals surface area contributed by atoms with E-state index >= 15 is 0 Å². The Labute approximate surface area is 147 Å². The second-order valence-corrected chi connectivity index (χ2v) is 6.41. The molecule has 1 heterocycles. The van der Waals surface area contributed by atoms with Gasteiger partial charge in [-0.05, 0) is 18.2 Å². The summed E-state index contributed by atoms with van der Waals surface area (Å²) in [5.41, 5.74) is 0.204. The van der Waals surface area contributed by atoms with Gasteiger partial charge in [-0.15, -0.1) is 0 Å². The summed E-state index contributed by atoms with van der Waals surface area (Å²) in [7, 11) is 0. The van der Waals surface area contributed by atoms with Crippen LogP contribution in [-0.4, -0.2) is 60.4 Å². The Kier molecular flexibility index (Phi) is 6.01. The van der Waals surface area contributed by atoms with E-state index in [1.54, 1.807) is 28.0 Å². The minimum atomic E-state index is -0.646. The molecule has 0 unspecified atom stereocenters. The number of hydrogen-bond donors (Lipinski definition) is 0. The van der Waals surface area contributed by atoms with Crippen molar-refractivity contribution in [2.24, 2.45) is 0 Å².